The van der Waals surface area contributed by atoms with Crippen molar-refractivity contribution < 1.29 is 9.53 Å². The minimum absolute atomic E-state index is 0.404. The molecule has 2 rings (SSSR count). The van der Waals surface area contributed by atoms with Crippen molar-refractivity contribution in [3.05, 3.63) is 42.8 Å². The lowest BCUT2D eigenvalue weighted by molar-refractivity contribution is 0.0529. The lowest BCUT2D eigenvalue weighted by atomic mass is 10.2. The van der Waals surface area contributed by atoms with Gasteiger partial charge >= 0.3 is 6.09 Å². The van der Waals surface area contributed by atoms with Crippen LogP contribution in [0.5, 0.6) is 0 Å². The summed E-state index contributed by atoms with van der Waals surface area (Å²) in [4.78, 5) is 23.9. The van der Waals surface area contributed by atoms with E-state index in [2.05, 4.69) is 20.3 Å². The van der Waals surface area contributed by atoms with Crippen molar-refractivity contribution in [2.75, 3.05) is 6.54 Å². The Labute approximate surface area is 135 Å². The minimum atomic E-state index is -0.478. The number of hydrogen-bond acceptors (Lipinski definition) is 5. The Balaban J connectivity index is 1.75. The van der Waals surface area contributed by atoms with Gasteiger partial charge in [-0.15, -0.1) is 0 Å². The lowest BCUT2D eigenvalue weighted by Crippen LogP contribution is -2.32. The molecule has 1 N–H and O–H groups in total. The first-order chi connectivity index (χ1) is 10.9. The fourth-order valence-corrected chi connectivity index (χ4v) is 1.72. The Morgan fingerprint density at radius 3 is 2.70 bits per heavy atom. The van der Waals surface area contributed by atoms with E-state index in [0.717, 1.165) is 5.56 Å². The second-order valence-electron chi connectivity index (χ2n) is 5.91. The van der Waals surface area contributed by atoms with Crippen LogP contribution in [0.25, 0.3) is 12.0 Å². The van der Waals surface area contributed by atoms with Gasteiger partial charge in [-0.1, -0.05) is 12.2 Å². The summed E-state index contributed by atoms with van der Waals surface area (Å²) in [5.41, 5.74) is 0.417. The average molecular weight is 315 g/mol. The van der Waals surface area contributed by atoms with E-state index in [1.807, 2.05) is 32.9 Å². The summed E-state index contributed by atoms with van der Waals surface area (Å²) in [7, 11) is 0. The van der Waals surface area contributed by atoms with Crippen molar-refractivity contribution in [1.29, 1.82) is 0 Å². The second kappa shape index (κ2) is 7.53. The maximum Gasteiger partial charge on any atom is 0.407 e. The number of amides is 1. The Morgan fingerprint density at radius 1 is 1.35 bits per heavy atom. The van der Waals surface area contributed by atoms with E-state index in [4.69, 9.17) is 4.74 Å². The van der Waals surface area contributed by atoms with Gasteiger partial charge in [-0.2, -0.15) is 0 Å². The predicted octanol–water partition coefficient (Wildman–Crippen LogP) is 2.59. The summed E-state index contributed by atoms with van der Waals surface area (Å²) >= 11 is 0. The molecule has 0 saturated carbocycles. The quantitative estimate of drug-likeness (QED) is 0.858. The van der Waals surface area contributed by atoms with Gasteiger partial charge in [-0.3, -0.25) is 4.57 Å². The van der Waals surface area contributed by atoms with Crippen LogP contribution in [0.2, 0.25) is 0 Å². The average Bonchev–Trinajstić information content (AvgIpc) is 3.00. The molecule has 0 unspecified atom stereocenters. The molecule has 122 valence electrons. The number of hydrogen-bond donors (Lipinski definition) is 1. The SMILES string of the molecule is CC(C)(C)OC(=O)NCCC=Cc1cnc(-n2ccnc2)nc1. The lowest BCUT2D eigenvalue weighted by Gasteiger charge is -2.19. The Hall–Kier alpha value is -2.70. The van der Waals surface area contributed by atoms with E-state index in [1.54, 1.807) is 35.7 Å². The van der Waals surface area contributed by atoms with Crippen molar-refractivity contribution in [3.63, 3.8) is 0 Å². The largest absolute Gasteiger partial charge is 0.444 e. The van der Waals surface area contributed by atoms with Gasteiger partial charge in [-0.25, -0.2) is 19.7 Å². The molecule has 0 aromatic carbocycles. The summed E-state index contributed by atoms with van der Waals surface area (Å²) in [6.45, 7) is 6.01. The monoisotopic (exact) mass is 315 g/mol. The molecule has 23 heavy (non-hydrogen) atoms. The molecule has 0 spiro atoms. The summed E-state index contributed by atoms with van der Waals surface area (Å²) < 4.78 is 6.88. The van der Waals surface area contributed by atoms with Crippen molar-refractivity contribution in [3.8, 4) is 5.95 Å². The maximum atomic E-state index is 11.5. The highest BCUT2D eigenvalue weighted by Gasteiger charge is 2.15. The fourth-order valence-electron chi connectivity index (χ4n) is 1.72. The zero-order valence-electron chi connectivity index (χ0n) is 13.6. The number of nitrogens with zero attached hydrogens (tertiary/aromatic N) is 4. The highest BCUT2D eigenvalue weighted by atomic mass is 16.6. The minimum Gasteiger partial charge on any atom is -0.444 e. The first-order valence-corrected chi connectivity index (χ1v) is 7.38. The van der Waals surface area contributed by atoms with Crippen LogP contribution in [-0.4, -0.2) is 37.8 Å². The van der Waals surface area contributed by atoms with E-state index >= 15 is 0 Å². The summed E-state index contributed by atoms with van der Waals surface area (Å²) in [6.07, 6.45) is 12.7. The summed E-state index contributed by atoms with van der Waals surface area (Å²) in [6, 6.07) is 0. The highest BCUT2D eigenvalue weighted by molar-refractivity contribution is 5.67. The fraction of sp³-hybridized carbons (Fsp3) is 0.375. The van der Waals surface area contributed by atoms with Gasteiger partial charge in [0.25, 0.3) is 0 Å². The molecule has 2 aromatic heterocycles. The third-order valence-corrected chi connectivity index (χ3v) is 2.68. The molecule has 2 aromatic rings. The molecule has 2 heterocycles. The molecule has 0 aliphatic rings. The molecule has 0 saturated heterocycles. The van der Waals surface area contributed by atoms with Crippen LogP contribution in [0.3, 0.4) is 0 Å². The number of carbonyl (C=O) groups excluding carboxylic acids is 1. The topological polar surface area (TPSA) is 81.9 Å². The van der Waals surface area contributed by atoms with E-state index in [0.29, 0.717) is 18.9 Å². The van der Waals surface area contributed by atoms with E-state index in [9.17, 15) is 4.79 Å². The van der Waals surface area contributed by atoms with Crippen LogP contribution >= 0.6 is 0 Å². The number of alkyl carbamates (subject to hydrolysis) is 1. The number of ether oxygens (including phenoxy) is 1. The Kier molecular flexibility index (Phi) is 5.46. The second-order valence-corrected chi connectivity index (χ2v) is 5.91. The predicted molar refractivity (Wildman–Crippen MR) is 87.0 cm³/mol. The number of nitrogens with one attached hydrogen (secondary N) is 1. The van der Waals surface area contributed by atoms with Gasteiger partial charge in [0.05, 0.1) is 0 Å². The van der Waals surface area contributed by atoms with Crippen LogP contribution in [0.15, 0.2) is 37.2 Å². The van der Waals surface area contributed by atoms with E-state index in [1.165, 1.54) is 0 Å². The first-order valence-electron chi connectivity index (χ1n) is 7.38. The van der Waals surface area contributed by atoms with Gasteiger partial charge in [0, 0.05) is 36.9 Å². The van der Waals surface area contributed by atoms with Crippen LogP contribution in [0, 0.1) is 0 Å². The van der Waals surface area contributed by atoms with Gasteiger partial charge in [0.2, 0.25) is 5.95 Å². The van der Waals surface area contributed by atoms with Crippen molar-refractivity contribution >= 4 is 12.2 Å². The molecule has 0 atom stereocenters. The standard InChI is InChI=1S/C16H21N5O2/c1-16(2,3)23-15(22)18-7-5-4-6-13-10-19-14(20-11-13)21-9-8-17-12-21/h4,6,8-12H,5,7H2,1-3H3,(H,18,22). The molecule has 0 aliphatic heterocycles. The normalized spacial score (nSPS) is 11.6. The van der Waals surface area contributed by atoms with E-state index < -0.39 is 11.7 Å². The van der Waals surface area contributed by atoms with Crippen LogP contribution < -0.4 is 5.32 Å². The van der Waals surface area contributed by atoms with Crippen LogP contribution in [0.1, 0.15) is 32.8 Å². The van der Waals surface area contributed by atoms with Crippen molar-refractivity contribution in [2.24, 2.45) is 0 Å². The third kappa shape index (κ3) is 5.90. The molecule has 0 aliphatic carbocycles. The number of rotatable bonds is 5. The molecular weight excluding hydrogens is 294 g/mol. The zero-order valence-corrected chi connectivity index (χ0v) is 13.6. The molecule has 0 bridgehead atoms. The molecule has 7 heteroatoms. The van der Waals surface area contributed by atoms with E-state index in [-0.39, 0.29) is 0 Å². The summed E-state index contributed by atoms with van der Waals surface area (Å²) in [5, 5.41) is 2.70. The molecule has 7 nitrogen and oxygen atoms in total. The van der Waals surface area contributed by atoms with Crippen molar-refractivity contribution in [1.82, 2.24) is 24.8 Å². The molecule has 0 fully saturated rings. The van der Waals surface area contributed by atoms with Gasteiger partial charge in [-0.05, 0) is 27.2 Å². The third-order valence-electron chi connectivity index (χ3n) is 2.68. The Morgan fingerprint density at radius 2 is 2.09 bits per heavy atom. The number of carbonyl (C=O) groups is 1. The smallest absolute Gasteiger partial charge is 0.407 e. The molecule has 0 radical (unpaired) electrons. The molecular formula is C16H21N5O2. The Bertz CT molecular complexity index is 642. The summed E-state index contributed by atoms with van der Waals surface area (Å²) in [5.74, 6) is 0.575. The number of imidazole rings is 1. The van der Waals surface area contributed by atoms with Gasteiger partial charge in [0.15, 0.2) is 0 Å². The number of aromatic nitrogens is 4. The molecule has 1 amide bonds. The maximum absolute atomic E-state index is 11.5. The van der Waals surface area contributed by atoms with Gasteiger partial charge in [0.1, 0.15) is 11.9 Å². The van der Waals surface area contributed by atoms with Gasteiger partial charge < -0.3 is 10.1 Å². The van der Waals surface area contributed by atoms with Crippen LogP contribution in [-0.2, 0) is 4.74 Å². The van der Waals surface area contributed by atoms with Crippen molar-refractivity contribution in [2.45, 2.75) is 32.8 Å². The van der Waals surface area contributed by atoms with Crippen LogP contribution in [0.4, 0.5) is 4.79 Å². The zero-order chi connectivity index (χ0) is 16.7. The highest BCUT2D eigenvalue weighted by Crippen LogP contribution is 2.06. The first kappa shape index (κ1) is 16.7.